The summed E-state index contributed by atoms with van der Waals surface area (Å²) in [5.41, 5.74) is 8.47. The number of aryl methyl sites for hydroxylation is 2. The summed E-state index contributed by atoms with van der Waals surface area (Å²) >= 11 is 6.17. The summed E-state index contributed by atoms with van der Waals surface area (Å²) < 4.78 is 0. The normalized spacial score (nSPS) is 12.5. The van der Waals surface area contributed by atoms with Crippen LogP contribution in [0.1, 0.15) is 29.0 Å². The van der Waals surface area contributed by atoms with Gasteiger partial charge >= 0.3 is 5.97 Å². The molecule has 0 fully saturated rings. The second-order valence-corrected chi connectivity index (χ2v) is 4.39. The number of carboxylic acids is 1. The van der Waals surface area contributed by atoms with Crippen LogP contribution in [-0.4, -0.2) is 17.6 Å². The molecule has 1 unspecified atom stereocenters. The van der Waals surface area contributed by atoms with Crippen molar-refractivity contribution in [2.24, 2.45) is 5.73 Å². The van der Waals surface area contributed by atoms with Crippen LogP contribution >= 0.6 is 11.6 Å². The van der Waals surface area contributed by atoms with Gasteiger partial charge in [-0.25, -0.2) is 0 Å². The molecular weight excluding hydrogens is 226 g/mol. The Morgan fingerprint density at radius 2 is 2.12 bits per heavy atom. The van der Waals surface area contributed by atoms with Gasteiger partial charge in [-0.2, -0.15) is 0 Å². The fraction of sp³-hybridized carbons (Fsp3) is 0.417. The molecule has 0 aliphatic heterocycles. The molecule has 0 amide bonds. The molecule has 1 rings (SSSR count). The van der Waals surface area contributed by atoms with Crippen LogP contribution in [0.4, 0.5) is 0 Å². The Morgan fingerprint density at radius 1 is 1.50 bits per heavy atom. The van der Waals surface area contributed by atoms with E-state index >= 15 is 0 Å². The van der Waals surface area contributed by atoms with Crippen molar-refractivity contribution in [3.8, 4) is 0 Å². The Hall–Kier alpha value is -1.06. The third-order valence-electron chi connectivity index (χ3n) is 2.57. The second kappa shape index (κ2) is 5.32. The highest BCUT2D eigenvalue weighted by Crippen LogP contribution is 2.30. The van der Waals surface area contributed by atoms with Crippen molar-refractivity contribution < 1.29 is 9.90 Å². The topological polar surface area (TPSA) is 63.3 Å². The first-order valence-corrected chi connectivity index (χ1v) is 5.52. The van der Waals surface area contributed by atoms with Gasteiger partial charge in [0.25, 0.3) is 0 Å². The summed E-state index contributed by atoms with van der Waals surface area (Å²) in [6, 6.07) is 3.88. The molecule has 0 heterocycles. The molecule has 0 saturated carbocycles. The second-order valence-electron chi connectivity index (χ2n) is 4.02. The van der Waals surface area contributed by atoms with E-state index < -0.39 is 5.97 Å². The largest absolute Gasteiger partial charge is 0.481 e. The zero-order chi connectivity index (χ0) is 12.3. The summed E-state index contributed by atoms with van der Waals surface area (Å²) in [6.45, 7) is 4.16. The van der Waals surface area contributed by atoms with Crippen molar-refractivity contribution in [2.75, 3.05) is 6.54 Å². The minimum absolute atomic E-state index is 0.0130. The van der Waals surface area contributed by atoms with Gasteiger partial charge in [-0.05, 0) is 31.5 Å². The SMILES string of the molecule is Cc1cc(C)c(Cl)c(C(CN)CC(=O)O)c1. The quantitative estimate of drug-likeness (QED) is 0.851. The number of carboxylic acid groups (broad SMARTS) is 1. The summed E-state index contributed by atoms with van der Waals surface area (Å²) in [5, 5.41) is 9.43. The van der Waals surface area contributed by atoms with Gasteiger partial charge in [-0.1, -0.05) is 29.3 Å². The van der Waals surface area contributed by atoms with Crippen molar-refractivity contribution in [1.29, 1.82) is 0 Å². The van der Waals surface area contributed by atoms with Gasteiger partial charge in [-0.3, -0.25) is 4.79 Å². The first-order valence-electron chi connectivity index (χ1n) is 5.14. The lowest BCUT2D eigenvalue weighted by atomic mass is 9.93. The highest BCUT2D eigenvalue weighted by Gasteiger charge is 2.18. The molecule has 0 aliphatic carbocycles. The van der Waals surface area contributed by atoms with E-state index in [2.05, 4.69) is 0 Å². The van der Waals surface area contributed by atoms with E-state index in [1.165, 1.54) is 0 Å². The molecule has 0 aliphatic rings. The number of halogens is 1. The van der Waals surface area contributed by atoms with Crippen LogP contribution in [0.3, 0.4) is 0 Å². The molecule has 0 aromatic heterocycles. The lowest BCUT2D eigenvalue weighted by molar-refractivity contribution is -0.137. The van der Waals surface area contributed by atoms with Crippen LogP contribution < -0.4 is 5.73 Å². The van der Waals surface area contributed by atoms with E-state index in [1.54, 1.807) is 0 Å². The van der Waals surface area contributed by atoms with Gasteiger partial charge in [0, 0.05) is 10.9 Å². The lowest BCUT2D eigenvalue weighted by Crippen LogP contribution is -2.17. The van der Waals surface area contributed by atoms with E-state index in [0.717, 1.165) is 16.7 Å². The Bertz CT molecular complexity index is 404. The van der Waals surface area contributed by atoms with Crippen molar-refractivity contribution in [2.45, 2.75) is 26.2 Å². The van der Waals surface area contributed by atoms with Crippen molar-refractivity contribution >= 4 is 17.6 Å². The molecule has 0 saturated heterocycles. The summed E-state index contributed by atoms with van der Waals surface area (Å²) in [4.78, 5) is 10.7. The summed E-state index contributed by atoms with van der Waals surface area (Å²) in [7, 11) is 0. The maximum Gasteiger partial charge on any atom is 0.304 e. The van der Waals surface area contributed by atoms with Crippen LogP contribution in [0.2, 0.25) is 5.02 Å². The van der Waals surface area contributed by atoms with Crippen LogP contribution in [0.5, 0.6) is 0 Å². The third-order valence-corrected chi connectivity index (χ3v) is 3.09. The molecule has 1 aromatic carbocycles. The smallest absolute Gasteiger partial charge is 0.304 e. The van der Waals surface area contributed by atoms with Crippen LogP contribution in [0, 0.1) is 13.8 Å². The van der Waals surface area contributed by atoms with Gasteiger partial charge in [0.2, 0.25) is 0 Å². The van der Waals surface area contributed by atoms with Crippen LogP contribution in [0.25, 0.3) is 0 Å². The molecule has 16 heavy (non-hydrogen) atoms. The zero-order valence-corrected chi connectivity index (χ0v) is 10.2. The first-order chi connectivity index (χ1) is 7.45. The van der Waals surface area contributed by atoms with Gasteiger partial charge < -0.3 is 10.8 Å². The average Bonchev–Trinajstić information content (AvgIpc) is 2.20. The van der Waals surface area contributed by atoms with Crippen LogP contribution in [-0.2, 0) is 4.79 Å². The Labute approximate surface area is 100 Å². The standard InChI is InChI=1S/C12H16ClNO2/c1-7-3-8(2)12(13)10(4-7)9(6-14)5-11(15)16/h3-4,9H,5-6,14H2,1-2H3,(H,15,16). The number of hydrogen-bond donors (Lipinski definition) is 2. The molecule has 1 aromatic rings. The lowest BCUT2D eigenvalue weighted by Gasteiger charge is -2.16. The van der Waals surface area contributed by atoms with Gasteiger partial charge in [0.05, 0.1) is 6.42 Å². The van der Waals surface area contributed by atoms with Crippen molar-refractivity contribution in [3.63, 3.8) is 0 Å². The molecular formula is C12H16ClNO2. The fourth-order valence-corrected chi connectivity index (χ4v) is 2.07. The van der Waals surface area contributed by atoms with Crippen molar-refractivity contribution in [3.05, 3.63) is 33.8 Å². The molecule has 0 spiro atoms. The Kier molecular flexibility index (Phi) is 4.33. The third kappa shape index (κ3) is 2.97. The van der Waals surface area contributed by atoms with Gasteiger partial charge in [0.1, 0.15) is 0 Å². The molecule has 3 nitrogen and oxygen atoms in total. The van der Waals surface area contributed by atoms with Gasteiger partial charge in [0.15, 0.2) is 0 Å². The number of nitrogens with two attached hydrogens (primary N) is 1. The number of rotatable bonds is 4. The summed E-state index contributed by atoms with van der Waals surface area (Å²) in [5.74, 6) is -1.07. The first kappa shape index (κ1) is 13.0. The minimum Gasteiger partial charge on any atom is -0.481 e. The predicted molar refractivity (Wildman–Crippen MR) is 65.0 cm³/mol. The highest BCUT2D eigenvalue weighted by molar-refractivity contribution is 6.32. The van der Waals surface area contributed by atoms with E-state index in [0.29, 0.717) is 5.02 Å². The zero-order valence-electron chi connectivity index (χ0n) is 9.46. The molecule has 0 bridgehead atoms. The summed E-state index contributed by atoms with van der Waals surface area (Å²) in [6.07, 6.45) is 0.0130. The number of hydrogen-bond acceptors (Lipinski definition) is 2. The molecule has 4 heteroatoms. The Balaban J connectivity index is 3.13. The van der Waals surface area contributed by atoms with E-state index in [1.807, 2.05) is 26.0 Å². The molecule has 0 radical (unpaired) electrons. The number of carbonyl (C=O) groups is 1. The molecule has 1 atom stereocenters. The maximum absolute atomic E-state index is 10.7. The molecule has 3 N–H and O–H groups in total. The average molecular weight is 242 g/mol. The maximum atomic E-state index is 10.7. The monoisotopic (exact) mass is 241 g/mol. The van der Waals surface area contributed by atoms with Crippen LogP contribution in [0.15, 0.2) is 12.1 Å². The van der Waals surface area contributed by atoms with E-state index in [-0.39, 0.29) is 18.9 Å². The fourth-order valence-electron chi connectivity index (χ4n) is 1.81. The van der Waals surface area contributed by atoms with Gasteiger partial charge in [-0.15, -0.1) is 0 Å². The minimum atomic E-state index is -0.856. The Morgan fingerprint density at radius 3 is 2.62 bits per heavy atom. The van der Waals surface area contributed by atoms with Crippen molar-refractivity contribution in [1.82, 2.24) is 0 Å². The predicted octanol–water partition coefficient (Wildman–Crippen LogP) is 2.47. The molecule has 88 valence electrons. The number of benzene rings is 1. The van der Waals surface area contributed by atoms with E-state index in [9.17, 15) is 4.79 Å². The van der Waals surface area contributed by atoms with E-state index in [4.69, 9.17) is 22.4 Å². The number of aliphatic carboxylic acids is 1. The highest BCUT2D eigenvalue weighted by atomic mass is 35.5.